The number of hydrogen-bond donors (Lipinski definition) is 1. The molecule has 0 fully saturated rings. The highest BCUT2D eigenvalue weighted by molar-refractivity contribution is 5.27. The van der Waals surface area contributed by atoms with Crippen molar-refractivity contribution in [2.24, 2.45) is 0 Å². The molecule has 0 bridgehead atoms. The van der Waals surface area contributed by atoms with E-state index >= 15 is 0 Å². The van der Waals surface area contributed by atoms with E-state index in [1.807, 2.05) is 18.2 Å². The van der Waals surface area contributed by atoms with Crippen molar-refractivity contribution in [3.8, 4) is 5.88 Å². The molecular formula is C12H13FN4O. The Labute approximate surface area is 104 Å². The van der Waals surface area contributed by atoms with Crippen LogP contribution in [0.5, 0.6) is 5.88 Å². The molecule has 5 nitrogen and oxygen atoms in total. The third-order valence-corrected chi connectivity index (χ3v) is 2.26. The normalized spacial score (nSPS) is 10.1. The van der Waals surface area contributed by atoms with Crippen LogP contribution in [0.1, 0.15) is 5.69 Å². The van der Waals surface area contributed by atoms with Gasteiger partial charge in [-0.15, -0.1) is 0 Å². The molecule has 1 N–H and O–H groups in total. The van der Waals surface area contributed by atoms with Crippen molar-refractivity contribution >= 4 is 5.95 Å². The van der Waals surface area contributed by atoms with E-state index in [-0.39, 0.29) is 5.88 Å². The van der Waals surface area contributed by atoms with Gasteiger partial charge in [-0.1, -0.05) is 6.07 Å². The Hall–Kier alpha value is -2.24. The Kier molecular flexibility index (Phi) is 4.01. The van der Waals surface area contributed by atoms with Crippen LogP contribution < -0.4 is 10.1 Å². The van der Waals surface area contributed by atoms with E-state index in [0.717, 1.165) is 11.9 Å². The van der Waals surface area contributed by atoms with Crippen molar-refractivity contribution in [2.75, 3.05) is 19.0 Å². The van der Waals surface area contributed by atoms with E-state index in [4.69, 9.17) is 4.74 Å². The predicted molar refractivity (Wildman–Crippen MR) is 65.0 cm³/mol. The minimum atomic E-state index is -0.574. The Balaban J connectivity index is 1.94. The fourth-order valence-electron chi connectivity index (χ4n) is 1.37. The Bertz CT molecular complexity index is 507. The summed E-state index contributed by atoms with van der Waals surface area (Å²) in [6, 6.07) is 5.62. The summed E-state index contributed by atoms with van der Waals surface area (Å²) in [5.41, 5.74) is 0.890. The number of rotatable bonds is 5. The van der Waals surface area contributed by atoms with E-state index in [0.29, 0.717) is 19.0 Å². The maximum Gasteiger partial charge on any atom is 0.255 e. The van der Waals surface area contributed by atoms with Gasteiger partial charge in [0, 0.05) is 25.4 Å². The molecule has 94 valence electrons. The van der Waals surface area contributed by atoms with Crippen LogP contribution in [0.25, 0.3) is 0 Å². The first-order chi connectivity index (χ1) is 8.79. The maximum absolute atomic E-state index is 13.3. The number of anilines is 1. The van der Waals surface area contributed by atoms with Crippen LogP contribution in [-0.4, -0.2) is 28.6 Å². The number of pyridine rings is 1. The first kappa shape index (κ1) is 12.2. The quantitative estimate of drug-likeness (QED) is 0.872. The lowest BCUT2D eigenvalue weighted by molar-refractivity contribution is 0.290. The first-order valence-corrected chi connectivity index (χ1v) is 5.52. The van der Waals surface area contributed by atoms with Gasteiger partial charge in [-0.2, -0.15) is 9.37 Å². The molecule has 2 rings (SSSR count). The van der Waals surface area contributed by atoms with Gasteiger partial charge in [0.15, 0.2) is 0 Å². The number of nitrogens with zero attached hydrogens (tertiary/aromatic N) is 3. The molecule has 2 aromatic heterocycles. The zero-order chi connectivity index (χ0) is 12.8. The summed E-state index contributed by atoms with van der Waals surface area (Å²) < 4.78 is 18.6. The van der Waals surface area contributed by atoms with Gasteiger partial charge >= 0.3 is 0 Å². The van der Waals surface area contributed by atoms with E-state index in [2.05, 4.69) is 20.3 Å². The molecular weight excluding hydrogens is 235 g/mol. The molecule has 0 amide bonds. The highest BCUT2D eigenvalue weighted by Crippen LogP contribution is 2.14. The van der Waals surface area contributed by atoms with Gasteiger partial charge in [-0.25, -0.2) is 4.98 Å². The summed E-state index contributed by atoms with van der Waals surface area (Å²) >= 11 is 0. The molecule has 0 aromatic carbocycles. The molecule has 2 heterocycles. The van der Waals surface area contributed by atoms with Crippen molar-refractivity contribution in [1.82, 2.24) is 15.0 Å². The summed E-state index contributed by atoms with van der Waals surface area (Å²) in [5, 5.41) is 2.72. The molecule has 6 heteroatoms. The zero-order valence-corrected chi connectivity index (χ0v) is 9.93. The molecule has 0 aliphatic rings. The average Bonchev–Trinajstić information content (AvgIpc) is 2.42. The number of nitrogens with one attached hydrogen (secondary N) is 1. The second kappa shape index (κ2) is 5.90. The van der Waals surface area contributed by atoms with Gasteiger partial charge in [0.25, 0.3) is 5.88 Å². The summed E-state index contributed by atoms with van der Waals surface area (Å²) in [6.07, 6.45) is 3.38. The number of hydrogen-bond acceptors (Lipinski definition) is 5. The molecule has 2 aromatic rings. The van der Waals surface area contributed by atoms with Gasteiger partial charge in [-0.05, 0) is 12.1 Å². The second-order valence-corrected chi connectivity index (χ2v) is 3.52. The van der Waals surface area contributed by atoms with E-state index in [1.165, 1.54) is 0 Å². The number of halogens is 1. The fraction of sp³-hybridized carbons (Fsp3) is 0.250. The Morgan fingerprint density at radius 3 is 2.94 bits per heavy atom. The number of ether oxygens (including phenoxy) is 1. The van der Waals surface area contributed by atoms with Crippen LogP contribution in [0, 0.1) is 5.82 Å². The predicted octanol–water partition coefficient (Wildman–Crippen LogP) is 1.67. The number of aromatic nitrogens is 3. The van der Waals surface area contributed by atoms with Crippen LogP contribution >= 0.6 is 0 Å². The molecule has 0 aliphatic carbocycles. The molecule has 18 heavy (non-hydrogen) atoms. The molecule has 0 unspecified atom stereocenters. The lowest BCUT2D eigenvalue weighted by atomic mass is 10.3. The van der Waals surface area contributed by atoms with Crippen molar-refractivity contribution in [3.05, 3.63) is 42.1 Å². The highest BCUT2D eigenvalue weighted by Gasteiger charge is 2.07. The summed E-state index contributed by atoms with van der Waals surface area (Å²) in [5.74, 6) is -0.301. The lowest BCUT2D eigenvalue weighted by Crippen LogP contribution is -2.07. The zero-order valence-electron chi connectivity index (χ0n) is 9.93. The van der Waals surface area contributed by atoms with Crippen LogP contribution in [0.3, 0.4) is 0 Å². The third-order valence-electron chi connectivity index (χ3n) is 2.26. The smallest absolute Gasteiger partial charge is 0.255 e. The molecule has 0 atom stereocenters. The minimum absolute atomic E-state index is 0.0507. The van der Waals surface area contributed by atoms with Gasteiger partial charge in [0.1, 0.15) is 0 Å². The minimum Gasteiger partial charge on any atom is -0.475 e. The largest absolute Gasteiger partial charge is 0.475 e. The molecule has 0 spiro atoms. The SMILES string of the molecule is CNc1ncc(F)c(OCCc2ccccn2)n1. The van der Waals surface area contributed by atoms with Crippen molar-refractivity contribution in [1.29, 1.82) is 0 Å². The van der Waals surface area contributed by atoms with E-state index in [1.54, 1.807) is 13.2 Å². The topological polar surface area (TPSA) is 59.9 Å². The van der Waals surface area contributed by atoms with Crippen LogP contribution in [0.4, 0.5) is 10.3 Å². The first-order valence-electron chi connectivity index (χ1n) is 5.52. The fourth-order valence-corrected chi connectivity index (χ4v) is 1.37. The summed E-state index contributed by atoms with van der Waals surface area (Å²) in [6.45, 7) is 0.314. The van der Waals surface area contributed by atoms with Gasteiger partial charge in [-0.3, -0.25) is 4.98 Å². The van der Waals surface area contributed by atoms with Crippen molar-refractivity contribution < 1.29 is 9.13 Å². The van der Waals surface area contributed by atoms with Crippen LogP contribution in [0.15, 0.2) is 30.6 Å². The standard InChI is InChI=1S/C12H13FN4O/c1-14-12-16-8-10(13)11(17-12)18-7-5-9-4-2-3-6-15-9/h2-4,6,8H,5,7H2,1H3,(H,14,16,17). The molecule has 0 saturated heterocycles. The molecule has 0 aliphatic heterocycles. The monoisotopic (exact) mass is 248 g/mol. The van der Waals surface area contributed by atoms with Gasteiger partial charge < -0.3 is 10.1 Å². The van der Waals surface area contributed by atoms with E-state index in [9.17, 15) is 4.39 Å². The summed E-state index contributed by atoms with van der Waals surface area (Å²) in [7, 11) is 1.66. The third kappa shape index (κ3) is 3.13. The van der Waals surface area contributed by atoms with Gasteiger partial charge in [0.05, 0.1) is 12.8 Å². The second-order valence-electron chi connectivity index (χ2n) is 3.52. The Morgan fingerprint density at radius 1 is 1.33 bits per heavy atom. The molecule has 0 radical (unpaired) electrons. The lowest BCUT2D eigenvalue weighted by Gasteiger charge is -2.06. The van der Waals surface area contributed by atoms with Gasteiger partial charge in [0.2, 0.25) is 11.8 Å². The van der Waals surface area contributed by atoms with Crippen molar-refractivity contribution in [2.45, 2.75) is 6.42 Å². The Morgan fingerprint density at radius 2 is 2.22 bits per heavy atom. The summed E-state index contributed by atoms with van der Waals surface area (Å²) in [4.78, 5) is 11.8. The average molecular weight is 248 g/mol. The van der Waals surface area contributed by atoms with Crippen LogP contribution in [-0.2, 0) is 6.42 Å². The van der Waals surface area contributed by atoms with Crippen molar-refractivity contribution in [3.63, 3.8) is 0 Å². The molecule has 0 saturated carbocycles. The van der Waals surface area contributed by atoms with Crippen LogP contribution in [0.2, 0.25) is 0 Å². The van der Waals surface area contributed by atoms with E-state index < -0.39 is 5.82 Å². The highest BCUT2D eigenvalue weighted by atomic mass is 19.1. The maximum atomic E-state index is 13.3.